The normalized spacial score (nSPS) is 12.4. The number of allylic oxidation sites excluding steroid dienone is 3. The van der Waals surface area contributed by atoms with Crippen molar-refractivity contribution in [1.29, 1.82) is 0 Å². The molecule has 4 nitrogen and oxygen atoms in total. The molecule has 19 heavy (non-hydrogen) atoms. The molecule has 1 heterocycles. The molecule has 0 aliphatic carbocycles. The third kappa shape index (κ3) is 4.67. The Morgan fingerprint density at radius 2 is 2.26 bits per heavy atom. The number of rotatable bonds is 7. The Morgan fingerprint density at radius 1 is 1.47 bits per heavy atom. The first-order chi connectivity index (χ1) is 9.22. The highest BCUT2D eigenvalue weighted by atomic mass is 15.0. The van der Waals surface area contributed by atoms with E-state index in [-0.39, 0.29) is 0 Å². The minimum Gasteiger partial charge on any atom is -0.340 e. The zero-order valence-electron chi connectivity index (χ0n) is 11.9. The first kappa shape index (κ1) is 15.1. The summed E-state index contributed by atoms with van der Waals surface area (Å²) in [6.07, 6.45) is 10.0. The summed E-state index contributed by atoms with van der Waals surface area (Å²) in [5.41, 5.74) is 3.36. The van der Waals surface area contributed by atoms with Crippen LogP contribution in [0, 0.1) is 6.92 Å². The molecule has 0 bridgehead atoms. The van der Waals surface area contributed by atoms with Crippen LogP contribution in [-0.2, 0) is 0 Å². The number of nitrogens with zero attached hydrogens (tertiary/aromatic N) is 2. The molecule has 1 aromatic heterocycles. The summed E-state index contributed by atoms with van der Waals surface area (Å²) in [5, 5.41) is 6.56. The maximum absolute atomic E-state index is 4.27. The van der Waals surface area contributed by atoms with Gasteiger partial charge in [-0.05, 0) is 32.0 Å². The average Bonchev–Trinajstić information content (AvgIpc) is 2.43. The van der Waals surface area contributed by atoms with Gasteiger partial charge in [0, 0.05) is 24.0 Å². The highest BCUT2D eigenvalue weighted by Crippen LogP contribution is 2.16. The second kappa shape index (κ2) is 8.21. The summed E-state index contributed by atoms with van der Waals surface area (Å²) in [6.45, 7) is 8.68. The third-order valence-electron chi connectivity index (χ3n) is 2.75. The molecule has 0 radical (unpaired) electrons. The van der Waals surface area contributed by atoms with E-state index in [9.17, 15) is 0 Å². The summed E-state index contributed by atoms with van der Waals surface area (Å²) in [5.74, 6) is 0.834. The quantitative estimate of drug-likeness (QED) is 0.738. The van der Waals surface area contributed by atoms with Crippen LogP contribution in [0.2, 0.25) is 0 Å². The molecule has 102 valence electrons. The van der Waals surface area contributed by atoms with Gasteiger partial charge in [0.05, 0.1) is 0 Å². The number of aromatic nitrogens is 2. The Kier molecular flexibility index (Phi) is 6.53. The lowest BCUT2D eigenvalue weighted by atomic mass is 10.1. The maximum Gasteiger partial charge on any atom is 0.136 e. The fourth-order valence-electron chi connectivity index (χ4n) is 1.69. The lowest BCUT2D eigenvalue weighted by Crippen LogP contribution is -2.15. The summed E-state index contributed by atoms with van der Waals surface area (Å²) in [6, 6.07) is 0. The Bertz CT molecular complexity index is 475. The summed E-state index contributed by atoms with van der Waals surface area (Å²) in [7, 11) is 1.94. The fraction of sp³-hybridized carbons (Fsp3) is 0.333. The highest BCUT2D eigenvalue weighted by molar-refractivity contribution is 5.51. The molecule has 0 saturated heterocycles. The van der Waals surface area contributed by atoms with Gasteiger partial charge in [0.15, 0.2) is 0 Å². The third-order valence-corrected chi connectivity index (χ3v) is 2.75. The molecule has 0 aliphatic rings. The molecule has 0 spiro atoms. The topological polar surface area (TPSA) is 49.8 Å². The monoisotopic (exact) mass is 258 g/mol. The van der Waals surface area contributed by atoms with Crippen LogP contribution in [0.25, 0.3) is 0 Å². The number of hydrogen-bond acceptors (Lipinski definition) is 4. The van der Waals surface area contributed by atoms with Gasteiger partial charge in [0.25, 0.3) is 0 Å². The minimum atomic E-state index is 0.834. The van der Waals surface area contributed by atoms with Crippen molar-refractivity contribution < 1.29 is 0 Å². The Morgan fingerprint density at radius 3 is 2.84 bits per heavy atom. The van der Waals surface area contributed by atoms with Gasteiger partial charge in [-0.25, -0.2) is 9.97 Å². The second-order valence-electron chi connectivity index (χ2n) is 4.18. The smallest absolute Gasteiger partial charge is 0.136 e. The molecule has 0 atom stereocenters. The van der Waals surface area contributed by atoms with E-state index in [1.807, 2.05) is 26.1 Å². The molecule has 1 rings (SSSR count). The lowest BCUT2D eigenvalue weighted by molar-refractivity contribution is 0.836. The van der Waals surface area contributed by atoms with Crippen molar-refractivity contribution in [3.63, 3.8) is 0 Å². The van der Waals surface area contributed by atoms with Crippen molar-refractivity contribution in [2.45, 2.75) is 20.3 Å². The molecule has 0 unspecified atom stereocenters. The molecule has 0 saturated carbocycles. The molecule has 2 N–H and O–H groups in total. The largest absolute Gasteiger partial charge is 0.340 e. The number of likely N-dealkylation sites (N-methyl/N-ethyl adjacent to an activating group) is 1. The van der Waals surface area contributed by atoms with E-state index in [1.165, 1.54) is 5.57 Å². The fourth-order valence-corrected chi connectivity index (χ4v) is 1.69. The van der Waals surface area contributed by atoms with Gasteiger partial charge in [0.1, 0.15) is 12.1 Å². The van der Waals surface area contributed by atoms with Gasteiger partial charge in [-0.1, -0.05) is 25.7 Å². The van der Waals surface area contributed by atoms with Gasteiger partial charge in [0.2, 0.25) is 0 Å². The van der Waals surface area contributed by atoms with Crippen molar-refractivity contribution in [2.24, 2.45) is 0 Å². The van der Waals surface area contributed by atoms with E-state index in [0.717, 1.165) is 30.0 Å². The standard InChI is InChI=1S/C15H22N4/c1-5-7-8-14(13(6-2)10-16-4)19-15-12(3)9-17-11-18-15/h5,7-9,11,16H,1,6,10H2,2-4H3,(H,17,18,19)/b8-7-,14-13-. The van der Waals surface area contributed by atoms with E-state index >= 15 is 0 Å². The first-order valence-corrected chi connectivity index (χ1v) is 6.42. The summed E-state index contributed by atoms with van der Waals surface area (Å²) in [4.78, 5) is 8.27. The Labute approximate surface area is 115 Å². The van der Waals surface area contributed by atoms with Gasteiger partial charge < -0.3 is 10.6 Å². The van der Waals surface area contributed by atoms with Crippen LogP contribution in [-0.4, -0.2) is 23.6 Å². The zero-order chi connectivity index (χ0) is 14.1. The van der Waals surface area contributed by atoms with E-state index < -0.39 is 0 Å². The first-order valence-electron chi connectivity index (χ1n) is 6.42. The average molecular weight is 258 g/mol. The number of hydrogen-bond donors (Lipinski definition) is 2. The van der Waals surface area contributed by atoms with Crippen LogP contribution >= 0.6 is 0 Å². The van der Waals surface area contributed by atoms with Crippen LogP contribution in [0.3, 0.4) is 0 Å². The van der Waals surface area contributed by atoms with Crippen LogP contribution in [0.1, 0.15) is 18.9 Å². The maximum atomic E-state index is 4.27. The van der Waals surface area contributed by atoms with Crippen molar-refractivity contribution >= 4 is 5.82 Å². The molecule has 0 aliphatic heterocycles. The number of aryl methyl sites for hydroxylation is 1. The Hall–Kier alpha value is -1.94. The minimum absolute atomic E-state index is 0.834. The van der Waals surface area contributed by atoms with Gasteiger partial charge in [-0.15, -0.1) is 0 Å². The van der Waals surface area contributed by atoms with Crippen molar-refractivity contribution in [1.82, 2.24) is 15.3 Å². The number of nitrogens with one attached hydrogen (secondary N) is 2. The predicted molar refractivity (Wildman–Crippen MR) is 81.0 cm³/mol. The molecule has 0 amide bonds. The van der Waals surface area contributed by atoms with E-state index in [2.05, 4.69) is 34.1 Å². The van der Waals surface area contributed by atoms with E-state index in [0.29, 0.717) is 0 Å². The van der Waals surface area contributed by atoms with Gasteiger partial charge in [-0.2, -0.15) is 0 Å². The highest BCUT2D eigenvalue weighted by Gasteiger charge is 2.05. The Balaban J connectivity index is 3.07. The van der Waals surface area contributed by atoms with Gasteiger partial charge >= 0.3 is 0 Å². The van der Waals surface area contributed by atoms with Crippen molar-refractivity contribution in [3.05, 3.63) is 54.2 Å². The number of anilines is 1. The molecule has 0 fully saturated rings. The molecule has 0 aromatic carbocycles. The molecule has 4 heteroatoms. The van der Waals surface area contributed by atoms with E-state index in [4.69, 9.17) is 0 Å². The van der Waals surface area contributed by atoms with Crippen LogP contribution in [0.4, 0.5) is 5.82 Å². The van der Waals surface area contributed by atoms with Crippen LogP contribution in [0.5, 0.6) is 0 Å². The lowest BCUT2D eigenvalue weighted by Gasteiger charge is -2.14. The van der Waals surface area contributed by atoms with Crippen LogP contribution in [0.15, 0.2) is 48.6 Å². The second-order valence-corrected chi connectivity index (χ2v) is 4.18. The summed E-state index contributed by atoms with van der Waals surface area (Å²) >= 11 is 0. The predicted octanol–water partition coefficient (Wildman–Crippen LogP) is 2.82. The van der Waals surface area contributed by atoms with Crippen LogP contribution < -0.4 is 10.6 Å². The van der Waals surface area contributed by atoms with Crippen molar-refractivity contribution in [2.75, 3.05) is 18.9 Å². The zero-order valence-corrected chi connectivity index (χ0v) is 11.9. The van der Waals surface area contributed by atoms with Crippen molar-refractivity contribution in [3.8, 4) is 0 Å². The SMILES string of the molecule is C=C/C=C\C(Nc1ncncc1C)=C(/CC)CNC. The summed E-state index contributed by atoms with van der Waals surface area (Å²) < 4.78 is 0. The van der Waals surface area contributed by atoms with E-state index in [1.54, 1.807) is 18.6 Å². The molecular weight excluding hydrogens is 236 g/mol. The molecule has 1 aromatic rings. The molecular formula is C15H22N4. The van der Waals surface area contributed by atoms with Gasteiger partial charge in [-0.3, -0.25) is 0 Å².